The Morgan fingerprint density at radius 3 is 1.25 bits per heavy atom. The van der Waals surface area contributed by atoms with Gasteiger partial charge in [0.15, 0.2) is 0 Å². The molecule has 4 heteroatoms. The zero-order valence-corrected chi connectivity index (χ0v) is 5.33. The van der Waals surface area contributed by atoms with E-state index in [0.29, 0.717) is 0 Å². The van der Waals surface area contributed by atoms with Crippen LogP contribution in [-0.2, 0) is 20.6 Å². The topological polar surface area (TPSA) is 17.1 Å². The van der Waals surface area contributed by atoms with Gasteiger partial charge in [-0.05, 0) is 0 Å². The van der Waals surface area contributed by atoms with Crippen molar-refractivity contribution >= 4 is 44.4 Å². The molecule has 0 N–H and O–H groups in total. The Hall–Kier alpha value is 1.83. The molecule has 0 heterocycles. The normalized spacial score (nSPS) is 0.750. The van der Waals surface area contributed by atoms with E-state index >= 15 is 0 Å². The zero-order chi connectivity index (χ0) is 2.00. The van der Waals surface area contributed by atoms with Crippen LogP contribution in [-0.4, -0.2) is 44.4 Å². The van der Waals surface area contributed by atoms with Crippen molar-refractivity contribution in [3.63, 3.8) is 0 Å². The second-order valence-corrected chi connectivity index (χ2v) is 0. The Labute approximate surface area is 64.4 Å². The summed E-state index contributed by atoms with van der Waals surface area (Å²) in [6.07, 6.45) is 0. The number of hydrogen-bond donors (Lipinski definition) is 0. The van der Waals surface area contributed by atoms with Crippen molar-refractivity contribution in [1.29, 1.82) is 0 Å². The molecule has 0 aliphatic heterocycles. The molecule has 0 bridgehead atoms. The van der Waals surface area contributed by atoms with Crippen LogP contribution in [0.2, 0.25) is 0 Å². The van der Waals surface area contributed by atoms with Crippen LogP contribution in [0.4, 0.5) is 0 Å². The molecule has 0 saturated carbocycles. The molecule has 0 aromatic rings. The van der Waals surface area contributed by atoms with Crippen molar-refractivity contribution in [1.82, 2.24) is 0 Å². The number of hydrogen-bond acceptors (Lipinski definition) is 1. The molecule has 4 heavy (non-hydrogen) atoms. The molecule has 0 aromatic heterocycles. The Bertz CT molecular complexity index is 8.00. The van der Waals surface area contributed by atoms with E-state index in [1.807, 2.05) is 0 Å². The summed E-state index contributed by atoms with van der Waals surface area (Å²) in [6, 6.07) is 0. The second kappa shape index (κ2) is 21.2. The van der Waals surface area contributed by atoms with Crippen LogP contribution in [0, 0.1) is 0 Å². The maximum absolute atomic E-state index is 8.38. The van der Waals surface area contributed by atoms with Gasteiger partial charge < -0.3 is 0 Å². The SMILES string of the molecule is [Cu].[InH3].[O]=[GaH]. The second-order valence-electron chi connectivity index (χ2n) is 0. The fraction of sp³-hybridized carbons (Fsp3) is 0. The monoisotopic (exact) mass is 267 g/mol. The van der Waals surface area contributed by atoms with Crippen LogP contribution in [0.3, 0.4) is 0 Å². The molecule has 0 saturated heterocycles. The molecule has 0 atom stereocenters. The molecule has 27 valence electrons. The summed E-state index contributed by atoms with van der Waals surface area (Å²) in [5.74, 6) is 0. The van der Waals surface area contributed by atoms with Crippen molar-refractivity contribution in [3.05, 3.63) is 0 Å². The van der Waals surface area contributed by atoms with Gasteiger partial charge in [0, 0.05) is 17.1 Å². The Balaban J connectivity index is -0.00000000500. The van der Waals surface area contributed by atoms with Crippen molar-refractivity contribution < 1.29 is 20.6 Å². The Kier molecular flexibility index (Phi) is 90.0. The van der Waals surface area contributed by atoms with Crippen molar-refractivity contribution in [2.24, 2.45) is 0 Å². The third kappa shape index (κ3) is 9.16. The van der Waals surface area contributed by atoms with Crippen LogP contribution < -0.4 is 0 Å². The van der Waals surface area contributed by atoms with Gasteiger partial charge in [-0.1, -0.05) is 0 Å². The number of rotatable bonds is 0. The van der Waals surface area contributed by atoms with Crippen LogP contribution in [0.25, 0.3) is 0 Å². The summed E-state index contributed by atoms with van der Waals surface area (Å²) in [5, 5.41) is 0. The first-order chi connectivity index (χ1) is 1.00. The van der Waals surface area contributed by atoms with Crippen molar-refractivity contribution in [2.75, 3.05) is 0 Å². The average Bonchev–Trinajstić information content (AvgIpc) is 1.00. The molecule has 1 radical (unpaired) electrons. The first-order valence-corrected chi connectivity index (χ1v) is 1.50. The molecule has 0 aliphatic carbocycles. The third-order valence-corrected chi connectivity index (χ3v) is 0. The summed E-state index contributed by atoms with van der Waals surface area (Å²) < 4.78 is 8.38. The summed E-state index contributed by atoms with van der Waals surface area (Å²) in [7, 11) is 0. The van der Waals surface area contributed by atoms with Gasteiger partial charge in [0.1, 0.15) is 0 Å². The molecule has 0 fully saturated rings. The van der Waals surface area contributed by atoms with Gasteiger partial charge in [0.05, 0.1) is 0 Å². The van der Waals surface area contributed by atoms with Gasteiger partial charge in [-0.25, -0.2) is 0 Å². The maximum atomic E-state index is 8.38. The minimum absolute atomic E-state index is 0. The quantitative estimate of drug-likeness (QED) is 0.467. The Morgan fingerprint density at radius 1 is 1.25 bits per heavy atom. The predicted octanol–water partition coefficient (Wildman–Crippen LogP) is -1.95. The fourth-order valence-corrected chi connectivity index (χ4v) is 0. The molecule has 0 unspecified atom stereocenters. The van der Waals surface area contributed by atoms with Gasteiger partial charge >= 0.3 is 47.9 Å². The molecule has 0 aromatic carbocycles. The Morgan fingerprint density at radius 2 is 1.25 bits per heavy atom. The van der Waals surface area contributed by atoms with Crippen LogP contribution in [0.15, 0.2) is 0 Å². The zero-order valence-electron chi connectivity index (χ0n) is 1.42. The van der Waals surface area contributed by atoms with E-state index in [0.717, 1.165) is 0 Å². The molecule has 1 nitrogen and oxygen atoms in total. The molecular formula is H4CuGaInO. The average molecular weight is 268 g/mol. The molecular weight excluding hydrogens is 264 g/mol. The van der Waals surface area contributed by atoms with E-state index in [4.69, 9.17) is 3.54 Å². The van der Waals surface area contributed by atoms with E-state index in [2.05, 4.69) is 0 Å². The first kappa shape index (κ1) is 17.0. The van der Waals surface area contributed by atoms with Gasteiger partial charge in [0.25, 0.3) is 0 Å². The van der Waals surface area contributed by atoms with Gasteiger partial charge in [-0.15, -0.1) is 0 Å². The van der Waals surface area contributed by atoms with Crippen LogP contribution in [0.1, 0.15) is 0 Å². The molecule has 0 amide bonds. The van der Waals surface area contributed by atoms with E-state index < -0.39 is 0 Å². The summed E-state index contributed by atoms with van der Waals surface area (Å²) in [6.45, 7) is 0. The molecule has 0 aliphatic rings. The fourth-order valence-electron chi connectivity index (χ4n) is 0. The van der Waals surface area contributed by atoms with E-state index in [1.165, 1.54) is 0 Å². The molecule has 0 spiro atoms. The van der Waals surface area contributed by atoms with Crippen molar-refractivity contribution in [3.8, 4) is 0 Å². The van der Waals surface area contributed by atoms with Crippen LogP contribution in [0.5, 0.6) is 0 Å². The van der Waals surface area contributed by atoms with E-state index in [9.17, 15) is 0 Å². The molecule has 0 rings (SSSR count). The van der Waals surface area contributed by atoms with Gasteiger partial charge in [0.2, 0.25) is 0 Å². The summed E-state index contributed by atoms with van der Waals surface area (Å²) in [5.41, 5.74) is 0. The van der Waals surface area contributed by atoms with Gasteiger partial charge in [-0.3, -0.25) is 0 Å². The third-order valence-electron chi connectivity index (χ3n) is 0. The predicted molar refractivity (Wildman–Crippen MR) is 17.8 cm³/mol. The minimum atomic E-state index is 0. The summed E-state index contributed by atoms with van der Waals surface area (Å²) in [4.78, 5) is 0. The van der Waals surface area contributed by atoms with Crippen LogP contribution >= 0.6 is 0 Å². The van der Waals surface area contributed by atoms with E-state index in [-0.39, 0.29) is 61.5 Å². The standard InChI is InChI=1S/Cu.Ga.In.O.4H. The van der Waals surface area contributed by atoms with Gasteiger partial charge in [-0.2, -0.15) is 0 Å². The van der Waals surface area contributed by atoms with E-state index in [1.54, 1.807) is 0 Å². The first-order valence-electron chi connectivity index (χ1n) is 0.289. The summed E-state index contributed by atoms with van der Waals surface area (Å²) >= 11 is 0.125. The van der Waals surface area contributed by atoms with Crippen molar-refractivity contribution in [2.45, 2.75) is 0 Å².